The van der Waals surface area contributed by atoms with Gasteiger partial charge in [0.25, 0.3) is 0 Å². The van der Waals surface area contributed by atoms with E-state index in [-0.39, 0.29) is 5.78 Å². The van der Waals surface area contributed by atoms with E-state index < -0.39 is 0 Å². The quantitative estimate of drug-likeness (QED) is 0.741. The third-order valence-electron chi connectivity index (χ3n) is 3.44. The third-order valence-corrected chi connectivity index (χ3v) is 3.44. The fraction of sp³-hybridized carbons (Fsp3) is 0.400. The molecule has 3 rings (SSSR count). The Balaban J connectivity index is 2.07. The third kappa shape index (κ3) is 1.88. The first-order valence-electron chi connectivity index (χ1n) is 6.33. The molecule has 1 heterocycles. The number of ketones is 1. The van der Waals surface area contributed by atoms with Crippen molar-refractivity contribution in [2.45, 2.75) is 32.6 Å². The van der Waals surface area contributed by atoms with E-state index in [2.05, 4.69) is 0 Å². The van der Waals surface area contributed by atoms with Gasteiger partial charge in [0, 0.05) is 18.2 Å². The van der Waals surface area contributed by atoms with Gasteiger partial charge in [-0.25, -0.2) is 0 Å². The second-order valence-electron chi connectivity index (χ2n) is 4.82. The second-order valence-corrected chi connectivity index (χ2v) is 4.82. The normalized spacial score (nSPS) is 15.4. The summed E-state index contributed by atoms with van der Waals surface area (Å²) in [6, 6.07) is 7.83. The zero-order valence-electron chi connectivity index (χ0n) is 10.0. The van der Waals surface area contributed by atoms with Crippen LogP contribution in [0.3, 0.4) is 0 Å². The molecule has 1 aliphatic rings. The maximum absolute atomic E-state index is 12.3. The van der Waals surface area contributed by atoms with Crippen LogP contribution in [0.25, 0.3) is 11.0 Å². The highest BCUT2D eigenvalue weighted by molar-refractivity contribution is 6.08. The molecule has 0 unspecified atom stereocenters. The molecule has 0 N–H and O–H groups in total. The van der Waals surface area contributed by atoms with Gasteiger partial charge in [-0.3, -0.25) is 4.79 Å². The predicted octanol–water partition coefficient (Wildman–Crippen LogP) is 3.98. The van der Waals surface area contributed by atoms with Crippen LogP contribution in [-0.4, -0.2) is 5.78 Å². The molecule has 0 bridgehead atoms. The molecule has 0 atom stereocenters. The molecule has 88 valence electrons. The van der Waals surface area contributed by atoms with Crippen LogP contribution in [-0.2, 0) is 6.42 Å². The number of hydrogen-bond donors (Lipinski definition) is 0. The number of Topliss-reactive ketones (excluding diaryl/α,β-unsaturated/α-hetero) is 1. The van der Waals surface area contributed by atoms with Crippen molar-refractivity contribution in [1.29, 1.82) is 0 Å². The SMILES string of the molecule is CCc1oc2ccccc2c1C(=O)CC1CC1. The fourth-order valence-electron chi connectivity index (χ4n) is 2.34. The monoisotopic (exact) mass is 228 g/mol. The summed E-state index contributed by atoms with van der Waals surface area (Å²) in [5.41, 5.74) is 1.67. The first kappa shape index (κ1) is 10.6. The van der Waals surface area contributed by atoms with E-state index in [4.69, 9.17) is 4.42 Å². The number of benzene rings is 1. The topological polar surface area (TPSA) is 30.2 Å². The van der Waals surface area contributed by atoms with Crippen LogP contribution in [0.5, 0.6) is 0 Å². The van der Waals surface area contributed by atoms with Gasteiger partial charge < -0.3 is 4.42 Å². The molecule has 0 aliphatic heterocycles. The van der Waals surface area contributed by atoms with E-state index >= 15 is 0 Å². The number of carbonyl (C=O) groups excluding carboxylic acids is 1. The predicted molar refractivity (Wildman–Crippen MR) is 67.3 cm³/mol. The van der Waals surface area contributed by atoms with Crippen molar-refractivity contribution in [3.8, 4) is 0 Å². The molecule has 1 aromatic carbocycles. The molecule has 1 aromatic heterocycles. The van der Waals surface area contributed by atoms with E-state index in [1.54, 1.807) is 0 Å². The largest absolute Gasteiger partial charge is 0.460 e. The van der Waals surface area contributed by atoms with Crippen LogP contribution >= 0.6 is 0 Å². The number of hydrogen-bond acceptors (Lipinski definition) is 2. The average molecular weight is 228 g/mol. The van der Waals surface area contributed by atoms with Crippen molar-refractivity contribution in [3.63, 3.8) is 0 Å². The summed E-state index contributed by atoms with van der Waals surface area (Å²) < 4.78 is 5.75. The Hall–Kier alpha value is -1.57. The van der Waals surface area contributed by atoms with E-state index in [9.17, 15) is 4.79 Å². The molecule has 0 saturated heterocycles. The summed E-state index contributed by atoms with van der Waals surface area (Å²) in [6.07, 6.45) is 3.89. The van der Waals surface area contributed by atoms with Crippen LogP contribution in [0.1, 0.15) is 42.3 Å². The summed E-state index contributed by atoms with van der Waals surface area (Å²) in [5, 5.41) is 0.981. The molecule has 0 spiro atoms. The van der Waals surface area contributed by atoms with Gasteiger partial charge in [-0.2, -0.15) is 0 Å². The van der Waals surface area contributed by atoms with Gasteiger partial charge >= 0.3 is 0 Å². The van der Waals surface area contributed by atoms with Gasteiger partial charge in [-0.15, -0.1) is 0 Å². The molecule has 1 aliphatic carbocycles. The van der Waals surface area contributed by atoms with Crippen molar-refractivity contribution >= 4 is 16.8 Å². The molecule has 1 saturated carbocycles. The number of para-hydroxylation sites is 1. The fourth-order valence-corrected chi connectivity index (χ4v) is 2.34. The van der Waals surface area contributed by atoms with Gasteiger partial charge in [-0.1, -0.05) is 25.1 Å². The minimum absolute atomic E-state index is 0.259. The lowest BCUT2D eigenvalue weighted by Gasteiger charge is -1.99. The molecule has 2 heteroatoms. The van der Waals surface area contributed by atoms with Crippen molar-refractivity contribution in [2.24, 2.45) is 5.92 Å². The maximum atomic E-state index is 12.3. The lowest BCUT2D eigenvalue weighted by atomic mass is 10.0. The molecule has 0 radical (unpaired) electrons. The highest BCUT2D eigenvalue weighted by Gasteiger charge is 2.28. The van der Waals surface area contributed by atoms with Gasteiger partial charge in [0.15, 0.2) is 5.78 Å². The highest BCUT2D eigenvalue weighted by Crippen LogP contribution is 2.36. The van der Waals surface area contributed by atoms with Crippen LogP contribution < -0.4 is 0 Å². The Labute approximate surface area is 101 Å². The average Bonchev–Trinajstić information content (AvgIpc) is 3.06. The molecular weight excluding hydrogens is 212 g/mol. The standard InChI is InChI=1S/C15H16O2/c1-2-13-15(12(16)9-10-7-8-10)11-5-3-4-6-14(11)17-13/h3-6,10H,2,7-9H2,1H3. The number of rotatable bonds is 4. The lowest BCUT2D eigenvalue weighted by molar-refractivity contribution is 0.0975. The summed E-state index contributed by atoms with van der Waals surface area (Å²) in [7, 11) is 0. The summed E-state index contributed by atoms with van der Waals surface area (Å²) in [5.74, 6) is 1.73. The Morgan fingerprint density at radius 1 is 1.35 bits per heavy atom. The zero-order chi connectivity index (χ0) is 11.8. The van der Waals surface area contributed by atoms with Gasteiger partial charge in [0.05, 0.1) is 5.56 Å². The zero-order valence-corrected chi connectivity index (χ0v) is 10.0. The van der Waals surface area contributed by atoms with E-state index in [1.165, 1.54) is 12.8 Å². The number of fused-ring (bicyclic) bond motifs is 1. The summed E-state index contributed by atoms with van der Waals surface area (Å²) in [4.78, 5) is 12.3. The Kier molecular flexibility index (Phi) is 2.50. The van der Waals surface area contributed by atoms with Crippen molar-refractivity contribution in [3.05, 3.63) is 35.6 Å². The van der Waals surface area contributed by atoms with Crippen LogP contribution in [0.2, 0.25) is 0 Å². The van der Waals surface area contributed by atoms with E-state index in [1.807, 2.05) is 31.2 Å². The molecular formula is C15H16O2. The Bertz CT molecular complexity index is 561. The van der Waals surface area contributed by atoms with Gasteiger partial charge in [-0.05, 0) is 24.8 Å². The van der Waals surface area contributed by atoms with E-state index in [0.29, 0.717) is 12.3 Å². The van der Waals surface area contributed by atoms with Crippen LogP contribution in [0, 0.1) is 5.92 Å². The van der Waals surface area contributed by atoms with Crippen molar-refractivity contribution < 1.29 is 9.21 Å². The maximum Gasteiger partial charge on any atom is 0.167 e. The van der Waals surface area contributed by atoms with Gasteiger partial charge in [0.2, 0.25) is 0 Å². The first-order chi connectivity index (χ1) is 8.29. The van der Waals surface area contributed by atoms with Gasteiger partial charge in [0.1, 0.15) is 11.3 Å². The summed E-state index contributed by atoms with van der Waals surface area (Å²) >= 11 is 0. The smallest absolute Gasteiger partial charge is 0.167 e. The molecule has 2 nitrogen and oxygen atoms in total. The molecule has 1 fully saturated rings. The second kappa shape index (κ2) is 4.02. The minimum atomic E-state index is 0.259. The Morgan fingerprint density at radius 3 is 2.82 bits per heavy atom. The molecule has 2 aromatic rings. The Morgan fingerprint density at radius 2 is 2.12 bits per heavy atom. The summed E-state index contributed by atoms with van der Waals surface area (Å²) in [6.45, 7) is 2.03. The number of aryl methyl sites for hydroxylation is 1. The van der Waals surface area contributed by atoms with E-state index in [0.717, 1.165) is 28.7 Å². The molecule has 0 amide bonds. The van der Waals surface area contributed by atoms with Crippen LogP contribution in [0.15, 0.2) is 28.7 Å². The van der Waals surface area contributed by atoms with Crippen LogP contribution in [0.4, 0.5) is 0 Å². The lowest BCUT2D eigenvalue weighted by Crippen LogP contribution is -2.02. The highest BCUT2D eigenvalue weighted by atomic mass is 16.3. The number of carbonyl (C=O) groups is 1. The number of furan rings is 1. The first-order valence-corrected chi connectivity index (χ1v) is 6.33. The minimum Gasteiger partial charge on any atom is -0.460 e. The van der Waals surface area contributed by atoms with Crippen molar-refractivity contribution in [2.75, 3.05) is 0 Å². The van der Waals surface area contributed by atoms with Crippen molar-refractivity contribution in [1.82, 2.24) is 0 Å². The molecule has 17 heavy (non-hydrogen) atoms.